The zero-order chi connectivity index (χ0) is 15.2. The van der Waals surface area contributed by atoms with Crippen LogP contribution in [-0.2, 0) is 4.79 Å². The predicted molar refractivity (Wildman–Crippen MR) is 76.9 cm³/mol. The lowest BCUT2D eigenvalue weighted by molar-refractivity contribution is -0.122. The third-order valence-electron chi connectivity index (χ3n) is 3.00. The zero-order valence-electron chi connectivity index (χ0n) is 12.1. The van der Waals surface area contributed by atoms with Crippen molar-refractivity contribution < 1.29 is 9.32 Å². The number of hydrogen-bond acceptors (Lipinski definition) is 6. The number of rotatable bonds is 6. The summed E-state index contributed by atoms with van der Waals surface area (Å²) in [4.78, 5) is 20.0. The maximum Gasteiger partial charge on any atom is 0.249 e. The second-order valence-electron chi connectivity index (χ2n) is 5.02. The first-order valence-electron chi connectivity index (χ1n) is 6.85. The van der Waals surface area contributed by atoms with Crippen LogP contribution in [0.15, 0.2) is 29.0 Å². The van der Waals surface area contributed by atoms with Crippen LogP contribution in [0.1, 0.15) is 32.2 Å². The third kappa shape index (κ3) is 3.85. The predicted octanol–water partition coefficient (Wildman–Crippen LogP) is 1.29. The van der Waals surface area contributed by atoms with E-state index in [0.717, 1.165) is 5.56 Å². The number of nitrogens with two attached hydrogens (primary N) is 1. The summed E-state index contributed by atoms with van der Waals surface area (Å²) < 4.78 is 5.29. The number of carbonyl (C=O) groups excluding carboxylic acids is 1. The molecule has 0 aliphatic rings. The monoisotopic (exact) mass is 289 g/mol. The van der Waals surface area contributed by atoms with E-state index in [4.69, 9.17) is 10.3 Å². The van der Waals surface area contributed by atoms with E-state index in [0.29, 0.717) is 18.3 Å². The zero-order valence-corrected chi connectivity index (χ0v) is 12.1. The van der Waals surface area contributed by atoms with Crippen LogP contribution in [0, 0.1) is 5.92 Å². The molecule has 2 heterocycles. The van der Waals surface area contributed by atoms with Gasteiger partial charge in [0.25, 0.3) is 0 Å². The van der Waals surface area contributed by atoms with E-state index >= 15 is 0 Å². The van der Waals surface area contributed by atoms with Crippen molar-refractivity contribution in [3.8, 4) is 11.4 Å². The standard InChI is InChI=1S/C14H19N5O2/c1-9(2)12(17-11(20)3-6-15)14-18-13(19-21-14)10-4-7-16-8-5-10/h4-5,7-9,12H,3,6,15H2,1-2H3,(H,17,20). The lowest BCUT2D eigenvalue weighted by Crippen LogP contribution is -2.33. The molecule has 0 saturated heterocycles. The van der Waals surface area contributed by atoms with Gasteiger partial charge < -0.3 is 15.6 Å². The second kappa shape index (κ2) is 6.94. The van der Waals surface area contributed by atoms with Crippen LogP contribution in [0.4, 0.5) is 0 Å². The average molecular weight is 289 g/mol. The maximum atomic E-state index is 11.7. The van der Waals surface area contributed by atoms with Crippen molar-refractivity contribution in [1.29, 1.82) is 0 Å². The van der Waals surface area contributed by atoms with E-state index in [1.54, 1.807) is 24.5 Å². The first kappa shape index (κ1) is 15.1. The van der Waals surface area contributed by atoms with Gasteiger partial charge in [0.2, 0.25) is 17.6 Å². The Hall–Kier alpha value is -2.28. The largest absolute Gasteiger partial charge is 0.344 e. The van der Waals surface area contributed by atoms with Gasteiger partial charge in [0.05, 0.1) is 0 Å². The molecule has 2 aromatic rings. The van der Waals surface area contributed by atoms with E-state index < -0.39 is 0 Å². The van der Waals surface area contributed by atoms with Gasteiger partial charge in [0.1, 0.15) is 6.04 Å². The Morgan fingerprint density at radius 1 is 1.38 bits per heavy atom. The van der Waals surface area contributed by atoms with Gasteiger partial charge in [-0.2, -0.15) is 4.98 Å². The van der Waals surface area contributed by atoms with Crippen molar-refractivity contribution >= 4 is 5.91 Å². The molecule has 0 spiro atoms. The smallest absolute Gasteiger partial charge is 0.249 e. The van der Waals surface area contributed by atoms with Crippen LogP contribution in [0.25, 0.3) is 11.4 Å². The molecule has 3 N–H and O–H groups in total. The third-order valence-corrected chi connectivity index (χ3v) is 3.00. The highest BCUT2D eigenvalue weighted by Crippen LogP contribution is 2.23. The molecule has 0 aliphatic carbocycles. The van der Waals surface area contributed by atoms with E-state index in [2.05, 4.69) is 20.4 Å². The summed E-state index contributed by atoms with van der Waals surface area (Å²) in [5.74, 6) is 0.866. The Labute approximate surface area is 122 Å². The van der Waals surface area contributed by atoms with E-state index in [1.165, 1.54) is 0 Å². The summed E-state index contributed by atoms with van der Waals surface area (Å²) in [7, 11) is 0. The van der Waals surface area contributed by atoms with Crippen LogP contribution in [0.2, 0.25) is 0 Å². The lowest BCUT2D eigenvalue weighted by atomic mass is 10.0. The van der Waals surface area contributed by atoms with Gasteiger partial charge in [0, 0.05) is 30.9 Å². The number of hydrogen-bond donors (Lipinski definition) is 2. The highest BCUT2D eigenvalue weighted by atomic mass is 16.5. The average Bonchev–Trinajstić information content (AvgIpc) is 2.95. The molecule has 1 atom stereocenters. The van der Waals surface area contributed by atoms with Gasteiger partial charge in [0.15, 0.2) is 0 Å². The fourth-order valence-corrected chi connectivity index (χ4v) is 1.87. The van der Waals surface area contributed by atoms with Gasteiger partial charge in [-0.15, -0.1) is 0 Å². The number of nitrogens with one attached hydrogen (secondary N) is 1. The van der Waals surface area contributed by atoms with E-state index in [1.807, 2.05) is 13.8 Å². The van der Waals surface area contributed by atoms with Crippen LogP contribution < -0.4 is 11.1 Å². The molecule has 1 amide bonds. The highest BCUT2D eigenvalue weighted by molar-refractivity contribution is 5.76. The molecule has 7 nitrogen and oxygen atoms in total. The van der Waals surface area contributed by atoms with Gasteiger partial charge in [-0.3, -0.25) is 9.78 Å². The molecule has 1 unspecified atom stereocenters. The minimum absolute atomic E-state index is 0.123. The van der Waals surface area contributed by atoms with Crippen molar-refractivity contribution in [3.63, 3.8) is 0 Å². The second-order valence-corrected chi connectivity index (χ2v) is 5.02. The summed E-state index contributed by atoms with van der Waals surface area (Å²) in [5, 5.41) is 6.82. The SMILES string of the molecule is CC(C)C(NC(=O)CCN)c1nc(-c2ccncc2)no1. The molecule has 0 bridgehead atoms. The normalized spacial score (nSPS) is 12.4. The summed E-state index contributed by atoms with van der Waals surface area (Å²) >= 11 is 0. The van der Waals surface area contributed by atoms with Crippen molar-refractivity contribution in [2.45, 2.75) is 26.3 Å². The maximum absolute atomic E-state index is 11.7. The van der Waals surface area contributed by atoms with Gasteiger partial charge in [-0.05, 0) is 18.1 Å². The molecule has 0 aliphatic heterocycles. The molecule has 2 aromatic heterocycles. The van der Waals surface area contributed by atoms with Crippen LogP contribution in [0.5, 0.6) is 0 Å². The first-order valence-corrected chi connectivity index (χ1v) is 6.85. The van der Waals surface area contributed by atoms with Crippen LogP contribution in [0.3, 0.4) is 0 Å². The van der Waals surface area contributed by atoms with Gasteiger partial charge in [-0.1, -0.05) is 19.0 Å². The first-order chi connectivity index (χ1) is 10.1. The van der Waals surface area contributed by atoms with Gasteiger partial charge in [-0.25, -0.2) is 0 Å². The van der Waals surface area contributed by atoms with E-state index in [-0.39, 0.29) is 24.3 Å². The fraction of sp³-hybridized carbons (Fsp3) is 0.429. The molecular formula is C14H19N5O2. The molecule has 0 radical (unpaired) electrons. The van der Waals surface area contributed by atoms with Crippen molar-refractivity contribution in [2.24, 2.45) is 11.7 Å². The van der Waals surface area contributed by atoms with Gasteiger partial charge >= 0.3 is 0 Å². The molecule has 7 heteroatoms. The number of amides is 1. The summed E-state index contributed by atoms with van der Waals surface area (Å²) in [6.45, 7) is 4.26. The van der Waals surface area contributed by atoms with Crippen molar-refractivity contribution in [1.82, 2.24) is 20.4 Å². The Morgan fingerprint density at radius 3 is 2.71 bits per heavy atom. The van der Waals surface area contributed by atoms with Crippen molar-refractivity contribution in [3.05, 3.63) is 30.4 Å². The number of aromatic nitrogens is 3. The Kier molecular flexibility index (Phi) is 4.99. The molecule has 0 fully saturated rings. The van der Waals surface area contributed by atoms with Crippen LogP contribution >= 0.6 is 0 Å². The Bertz CT molecular complexity index is 582. The van der Waals surface area contributed by atoms with Crippen LogP contribution in [-0.4, -0.2) is 27.6 Å². The summed E-state index contributed by atoms with van der Waals surface area (Å²) in [6.07, 6.45) is 3.59. The number of carbonyl (C=O) groups is 1. The quantitative estimate of drug-likeness (QED) is 0.830. The molecule has 0 aromatic carbocycles. The topological polar surface area (TPSA) is 107 Å². The molecule has 2 rings (SSSR count). The molecular weight excluding hydrogens is 270 g/mol. The fourth-order valence-electron chi connectivity index (χ4n) is 1.87. The number of pyridine rings is 1. The molecule has 0 saturated carbocycles. The summed E-state index contributed by atoms with van der Waals surface area (Å²) in [5.41, 5.74) is 6.20. The Balaban J connectivity index is 2.18. The Morgan fingerprint density at radius 2 is 2.10 bits per heavy atom. The molecule has 21 heavy (non-hydrogen) atoms. The minimum Gasteiger partial charge on any atom is -0.344 e. The van der Waals surface area contributed by atoms with Crippen molar-refractivity contribution in [2.75, 3.05) is 6.54 Å². The summed E-state index contributed by atoms with van der Waals surface area (Å²) in [6, 6.07) is 3.27. The van der Waals surface area contributed by atoms with E-state index in [9.17, 15) is 4.79 Å². The number of nitrogens with zero attached hydrogens (tertiary/aromatic N) is 3. The minimum atomic E-state index is -0.327. The highest BCUT2D eigenvalue weighted by Gasteiger charge is 2.24. The lowest BCUT2D eigenvalue weighted by Gasteiger charge is -2.18. The molecule has 112 valence electrons.